The van der Waals surface area contributed by atoms with Crippen molar-refractivity contribution >= 4 is 17.6 Å². The molecule has 4 aliphatic rings. The Morgan fingerprint density at radius 1 is 1.05 bits per heavy atom. The number of para-hydroxylation sites is 1. The Hall–Kier alpha value is -2.87. The lowest BCUT2D eigenvalue weighted by Gasteiger charge is -2.41. The second-order valence-corrected chi connectivity index (χ2v) is 12.4. The summed E-state index contributed by atoms with van der Waals surface area (Å²) in [4.78, 5) is 37.3. The maximum Gasteiger partial charge on any atom is 0.322 e. The maximum atomic E-state index is 13.0. The normalized spacial score (nSPS) is 24.6. The number of anilines is 1. The van der Waals surface area contributed by atoms with E-state index in [-0.39, 0.29) is 18.0 Å². The van der Waals surface area contributed by atoms with Crippen LogP contribution in [-0.4, -0.2) is 69.0 Å². The Bertz CT molecular complexity index is 1180. The van der Waals surface area contributed by atoms with Crippen LogP contribution in [-0.2, 0) is 17.8 Å². The van der Waals surface area contributed by atoms with Crippen LogP contribution < -0.4 is 10.2 Å². The molecule has 3 fully saturated rings. The first-order chi connectivity index (χ1) is 18.9. The molecule has 8 heteroatoms. The van der Waals surface area contributed by atoms with E-state index in [4.69, 9.17) is 4.98 Å². The number of hydrogen-bond acceptors (Lipinski definition) is 4. The van der Waals surface area contributed by atoms with Gasteiger partial charge in [0.1, 0.15) is 5.82 Å². The predicted molar refractivity (Wildman–Crippen MR) is 153 cm³/mol. The maximum absolute atomic E-state index is 13.0. The van der Waals surface area contributed by atoms with Gasteiger partial charge in [0.05, 0.1) is 12.2 Å². The Labute approximate surface area is 232 Å². The number of nitrogens with one attached hydrogen (secondary N) is 1. The third-order valence-electron chi connectivity index (χ3n) is 9.21. The molecule has 1 N–H and O–H groups in total. The molecule has 2 aromatic rings. The lowest BCUT2D eigenvalue weighted by Crippen LogP contribution is -2.47. The molecule has 4 heterocycles. The lowest BCUT2D eigenvalue weighted by molar-refractivity contribution is -0.133. The van der Waals surface area contributed by atoms with Gasteiger partial charge in [0.15, 0.2) is 0 Å². The molecular formula is C31H44N6O2. The minimum atomic E-state index is -0.0179. The Balaban J connectivity index is 1.08. The fourth-order valence-electron chi connectivity index (χ4n) is 7.31. The smallest absolute Gasteiger partial charge is 0.322 e. The van der Waals surface area contributed by atoms with Crippen molar-refractivity contribution in [3.8, 4) is 0 Å². The molecule has 0 radical (unpaired) electrons. The number of nitrogens with zero attached hydrogens (tertiary/aromatic N) is 5. The summed E-state index contributed by atoms with van der Waals surface area (Å²) >= 11 is 0. The molecule has 39 heavy (non-hydrogen) atoms. The average Bonchev–Trinajstić information content (AvgIpc) is 3.67. The first-order valence-electron chi connectivity index (χ1n) is 15.1. The van der Waals surface area contributed by atoms with Crippen molar-refractivity contribution in [1.29, 1.82) is 0 Å². The number of rotatable bonds is 8. The molecule has 3 aliphatic heterocycles. The van der Waals surface area contributed by atoms with Gasteiger partial charge in [-0.05, 0) is 77.8 Å². The number of piperidine rings is 1. The molecule has 2 bridgehead atoms. The number of imidazole rings is 1. The first-order valence-corrected chi connectivity index (χ1v) is 15.1. The first kappa shape index (κ1) is 26.4. The van der Waals surface area contributed by atoms with E-state index in [0.717, 1.165) is 56.0 Å². The van der Waals surface area contributed by atoms with Gasteiger partial charge in [-0.2, -0.15) is 0 Å². The Morgan fingerprint density at radius 2 is 1.77 bits per heavy atom. The Morgan fingerprint density at radius 3 is 2.44 bits per heavy atom. The van der Waals surface area contributed by atoms with Crippen LogP contribution in [0.5, 0.6) is 0 Å². The minimum absolute atomic E-state index is 0.0179. The van der Waals surface area contributed by atoms with E-state index in [1.807, 2.05) is 54.0 Å². The molecule has 210 valence electrons. The van der Waals surface area contributed by atoms with Gasteiger partial charge in [-0.1, -0.05) is 18.2 Å². The van der Waals surface area contributed by atoms with Crippen molar-refractivity contribution in [2.45, 2.75) is 103 Å². The van der Waals surface area contributed by atoms with Crippen LogP contribution in [0.3, 0.4) is 0 Å². The quantitative estimate of drug-likeness (QED) is 0.536. The third-order valence-corrected chi connectivity index (χ3v) is 9.21. The molecule has 2 saturated heterocycles. The fourth-order valence-corrected chi connectivity index (χ4v) is 7.31. The highest BCUT2D eigenvalue weighted by Crippen LogP contribution is 2.43. The van der Waals surface area contributed by atoms with Crippen LogP contribution in [0.25, 0.3) is 0 Å². The molecule has 1 aromatic carbocycles. The number of hydrogen-bond donors (Lipinski definition) is 1. The number of amides is 3. The molecule has 2 atom stereocenters. The highest BCUT2D eigenvalue weighted by molar-refractivity contribution is 5.92. The summed E-state index contributed by atoms with van der Waals surface area (Å²) in [7, 11) is 0. The molecule has 1 aromatic heterocycles. The van der Waals surface area contributed by atoms with Crippen molar-refractivity contribution in [3.05, 3.63) is 47.5 Å². The van der Waals surface area contributed by atoms with Gasteiger partial charge in [-0.25, -0.2) is 9.78 Å². The predicted octanol–water partition coefficient (Wildman–Crippen LogP) is 4.67. The van der Waals surface area contributed by atoms with E-state index in [2.05, 4.69) is 21.7 Å². The summed E-state index contributed by atoms with van der Waals surface area (Å²) in [5.74, 6) is 1.74. The molecule has 1 saturated carbocycles. The number of benzene rings is 1. The number of fused-ring (bicyclic) bond motifs is 3. The molecule has 6 rings (SSSR count). The van der Waals surface area contributed by atoms with Gasteiger partial charge in [-0.3, -0.25) is 14.6 Å². The zero-order valence-corrected chi connectivity index (χ0v) is 23.8. The minimum Gasteiger partial charge on any atom is -0.336 e. The second kappa shape index (κ2) is 11.0. The monoisotopic (exact) mass is 532 g/mol. The molecular weight excluding hydrogens is 488 g/mol. The topological polar surface area (TPSA) is 73.7 Å². The van der Waals surface area contributed by atoms with Gasteiger partial charge >= 0.3 is 6.03 Å². The number of aryl methyl sites for hydroxylation is 1. The van der Waals surface area contributed by atoms with E-state index >= 15 is 0 Å². The van der Waals surface area contributed by atoms with E-state index < -0.39 is 0 Å². The second-order valence-electron chi connectivity index (χ2n) is 12.4. The van der Waals surface area contributed by atoms with Gasteiger partial charge in [-0.15, -0.1) is 0 Å². The van der Waals surface area contributed by atoms with Crippen molar-refractivity contribution in [3.63, 3.8) is 0 Å². The number of carbonyl (C=O) groups excluding carboxylic acids is 2. The highest BCUT2D eigenvalue weighted by atomic mass is 16.2. The number of aromatic nitrogens is 2. The molecule has 8 nitrogen and oxygen atoms in total. The highest BCUT2D eigenvalue weighted by Gasteiger charge is 2.43. The van der Waals surface area contributed by atoms with Crippen molar-refractivity contribution in [2.24, 2.45) is 5.92 Å². The summed E-state index contributed by atoms with van der Waals surface area (Å²) in [6.45, 7) is 9.43. The van der Waals surface area contributed by atoms with Crippen LogP contribution in [0.2, 0.25) is 0 Å². The van der Waals surface area contributed by atoms with Crippen LogP contribution in [0.1, 0.15) is 82.0 Å². The lowest BCUT2D eigenvalue weighted by atomic mass is 9.95. The SMILES string of the molecule is Cc1nc2c(n1C1CC3CCC(C1)N3CCCN(C(=O)NC(C)C)c1ccccc1)CCN(C(=O)C1CC1)C2. The van der Waals surface area contributed by atoms with Crippen molar-refractivity contribution < 1.29 is 9.59 Å². The molecule has 0 spiro atoms. The van der Waals surface area contributed by atoms with Gasteiger partial charge in [0.25, 0.3) is 0 Å². The van der Waals surface area contributed by atoms with Gasteiger partial charge < -0.3 is 14.8 Å². The Kier molecular flexibility index (Phi) is 7.40. The summed E-state index contributed by atoms with van der Waals surface area (Å²) in [5, 5.41) is 3.07. The fraction of sp³-hybridized carbons (Fsp3) is 0.645. The zero-order chi connectivity index (χ0) is 27.1. The van der Waals surface area contributed by atoms with E-state index in [9.17, 15) is 9.59 Å². The van der Waals surface area contributed by atoms with Crippen LogP contribution >= 0.6 is 0 Å². The van der Waals surface area contributed by atoms with Gasteiger partial charge in [0, 0.05) is 67.5 Å². The average molecular weight is 533 g/mol. The van der Waals surface area contributed by atoms with E-state index in [1.165, 1.54) is 31.4 Å². The van der Waals surface area contributed by atoms with Crippen molar-refractivity contribution in [2.75, 3.05) is 24.5 Å². The molecule has 3 amide bonds. The number of urea groups is 1. The summed E-state index contributed by atoms with van der Waals surface area (Å²) < 4.78 is 2.55. The van der Waals surface area contributed by atoms with E-state index in [1.54, 1.807) is 0 Å². The molecule has 2 unspecified atom stereocenters. The van der Waals surface area contributed by atoms with Crippen LogP contribution in [0, 0.1) is 12.8 Å². The summed E-state index contributed by atoms with van der Waals surface area (Å²) in [6.07, 6.45) is 8.87. The van der Waals surface area contributed by atoms with Crippen LogP contribution in [0.4, 0.5) is 10.5 Å². The van der Waals surface area contributed by atoms with Gasteiger partial charge in [0.2, 0.25) is 5.91 Å². The zero-order valence-electron chi connectivity index (χ0n) is 23.8. The van der Waals surface area contributed by atoms with E-state index in [0.29, 0.717) is 37.1 Å². The third kappa shape index (κ3) is 5.45. The summed E-state index contributed by atoms with van der Waals surface area (Å²) in [5.41, 5.74) is 3.46. The summed E-state index contributed by atoms with van der Waals surface area (Å²) in [6, 6.07) is 11.8. The standard InChI is InChI=1S/C31H44N6O2/c1-21(2)32-31(39)36(24-8-5-4-6-9-24)16-7-15-35-25-12-13-26(35)19-27(18-25)37-22(3)33-28-20-34(17-14-29(28)37)30(38)23-10-11-23/h4-6,8-9,21,23,25-27H,7,10-20H2,1-3H3,(H,32,39). The van der Waals surface area contributed by atoms with Crippen molar-refractivity contribution in [1.82, 2.24) is 24.7 Å². The largest absolute Gasteiger partial charge is 0.336 e. The van der Waals surface area contributed by atoms with Crippen LogP contribution in [0.15, 0.2) is 30.3 Å². The molecule has 1 aliphatic carbocycles. The number of carbonyl (C=O) groups is 2.